The van der Waals surface area contributed by atoms with E-state index in [0.717, 1.165) is 44.5 Å². The minimum absolute atomic E-state index is 0.0602. The molecule has 4 aromatic rings. The highest BCUT2D eigenvalue weighted by Gasteiger charge is 2.11. The summed E-state index contributed by atoms with van der Waals surface area (Å²) in [5, 5.41) is 10.3. The fraction of sp³-hybridized carbons (Fsp3) is 0.174. The fourth-order valence-electron chi connectivity index (χ4n) is 3.33. The molecular formula is C23H22N2O3. The zero-order valence-corrected chi connectivity index (χ0v) is 15.5. The molecule has 0 saturated carbocycles. The quantitative estimate of drug-likeness (QED) is 0.510. The molecule has 0 saturated heterocycles. The molecule has 0 aliphatic heterocycles. The Morgan fingerprint density at radius 3 is 2.86 bits per heavy atom. The molecule has 0 aliphatic carbocycles. The van der Waals surface area contributed by atoms with Crippen LogP contribution in [0.2, 0.25) is 0 Å². The van der Waals surface area contributed by atoms with Gasteiger partial charge in [-0.05, 0) is 47.0 Å². The summed E-state index contributed by atoms with van der Waals surface area (Å²) >= 11 is 0. The zero-order chi connectivity index (χ0) is 19.3. The van der Waals surface area contributed by atoms with Gasteiger partial charge in [0.2, 0.25) is 0 Å². The van der Waals surface area contributed by atoms with E-state index in [2.05, 4.69) is 29.2 Å². The highest BCUT2D eigenvalue weighted by Crippen LogP contribution is 2.32. The summed E-state index contributed by atoms with van der Waals surface area (Å²) in [4.78, 5) is 4.11. The maximum absolute atomic E-state index is 9.23. The second-order valence-electron chi connectivity index (χ2n) is 6.63. The first-order chi connectivity index (χ1) is 13.8. The molecule has 0 fully saturated rings. The van der Waals surface area contributed by atoms with Crippen LogP contribution in [0.25, 0.3) is 22.1 Å². The Kier molecular flexibility index (Phi) is 5.37. The Labute approximate surface area is 163 Å². The van der Waals surface area contributed by atoms with Crippen LogP contribution in [-0.2, 0) is 19.6 Å². The fourth-order valence-corrected chi connectivity index (χ4v) is 3.33. The largest absolute Gasteiger partial charge is 0.489 e. The standard InChI is InChI=1S/C23H22N2O3/c24-13-16-2-1-3-18(10-16)21-12-17(11-19-6-9-27-23(19)21)15-28-22-4-7-25-14-20(22)5-8-26/h1-4,6-7,9-12,14,26H,5,8,13,15,24H2. The molecule has 2 aromatic carbocycles. The van der Waals surface area contributed by atoms with Crippen LogP contribution in [0.3, 0.4) is 0 Å². The van der Waals surface area contributed by atoms with Crippen molar-refractivity contribution in [2.75, 3.05) is 6.61 Å². The van der Waals surface area contributed by atoms with Gasteiger partial charge in [0.15, 0.2) is 0 Å². The number of fused-ring (bicyclic) bond motifs is 1. The molecule has 2 aromatic heterocycles. The van der Waals surface area contributed by atoms with Crippen molar-refractivity contribution in [3.8, 4) is 16.9 Å². The van der Waals surface area contributed by atoms with Gasteiger partial charge >= 0.3 is 0 Å². The molecule has 0 atom stereocenters. The maximum Gasteiger partial charge on any atom is 0.141 e. The Balaban J connectivity index is 1.67. The Bertz CT molecular complexity index is 1090. The topological polar surface area (TPSA) is 81.5 Å². The Morgan fingerprint density at radius 2 is 2.00 bits per heavy atom. The smallest absolute Gasteiger partial charge is 0.141 e. The average Bonchev–Trinajstić information content (AvgIpc) is 3.21. The van der Waals surface area contributed by atoms with Crippen molar-refractivity contribution in [3.05, 3.63) is 83.9 Å². The van der Waals surface area contributed by atoms with Crippen LogP contribution in [0.5, 0.6) is 5.75 Å². The number of furan rings is 1. The summed E-state index contributed by atoms with van der Waals surface area (Å²) < 4.78 is 11.8. The first-order valence-electron chi connectivity index (χ1n) is 9.24. The molecule has 0 radical (unpaired) electrons. The Morgan fingerprint density at radius 1 is 1.07 bits per heavy atom. The van der Waals surface area contributed by atoms with Gasteiger partial charge in [-0.3, -0.25) is 4.98 Å². The number of nitrogens with zero attached hydrogens (tertiary/aromatic N) is 1. The number of benzene rings is 2. The molecule has 142 valence electrons. The monoisotopic (exact) mass is 374 g/mol. The van der Waals surface area contributed by atoms with Gasteiger partial charge in [0.05, 0.1) is 6.26 Å². The number of ether oxygens (including phenoxy) is 1. The van der Waals surface area contributed by atoms with Crippen LogP contribution in [0.1, 0.15) is 16.7 Å². The third kappa shape index (κ3) is 3.76. The second-order valence-corrected chi connectivity index (χ2v) is 6.63. The average molecular weight is 374 g/mol. The minimum Gasteiger partial charge on any atom is -0.489 e. The van der Waals surface area contributed by atoms with Crippen LogP contribution < -0.4 is 10.5 Å². The number of aliphatic hydroxyl groups is 1. The van der Waals surface area contributed by atoms with Crippen LogP contribution in [0.4, 0.5) is 0 Å². The lowest BCUT2D eigenvalue weighted by atomic mass is 9.99. The number of hydrogen-bond donors (Lipinski definition) is 2. The predicted octanol–water partition coefficient (Wildman–Crippen LogP) is 4.07. The summed E-state index contributed by atoms with van der Waals surface area (Å²) in [5.74, 6) is 0.739. The summed E-state index contributed by atoms with van der Waals surface area (Å²) in [6, 6.07) is 16.1. The number of aliphatic hydroxyl groups excluding tert-OH is 1. The van der Waals surface area contributed by atoms with Crippen molar-refractivity contribution in [1.82, 2.24) is 4.98 Å². The van der Waals surface area contributed by atoms with E-state index in [4.69, 9.17) is 14.9 Å². The van der Waals surface area contributed by atoms with Crippen molar-refractivity contribution in [1.29, 1.82) is 0 Å². The van der Waals surface area contributed by atoms with Gasteiger partial charge in [0, 0.05) is 48.5 Å². The molecule has 28 heavy (non-hydrogen) atoms. The summed E-state index contributed by atoms with van der Waals surface area (Å²) in [6.45, 7) is 0.964. The first kappa shape index (κ1) is 18.2. The molecule has 3 N–H and O–H groups in total. The molecule has 0 bridgehead atoms. The van der Waals surface area contributed by atoms with Crippen LogP contribution in [-0.4, -0.2) is 16.7 Å². The van der Waals surface area contributed by atoms with Gasteiger partial charge in [0.1, 0.15) is 17.9 Å². The summed E-state index contributed by atoms with van der Waals surface area (Å²) in [5.41, 5.74) is 11.7. The highest BCUT2D eigenvalue weighted by molar-refractivity contribution is 5.93. The lowest BCUT2D eigenvalue weighted by molar-refractivity contribution is 0.283. The van der Waals surface area contributed by atoms with Crippen molar-refractivity contribution in [2.45, 2.75) is 19.6 Å². The van der Waals surface area contributed by atoms with Crippen LogP contribution in [0.15, 0.2) is 71.6 Å². The predicted molar refractivity (Wildman–Crippen MR) is 109 cm³/mol. The molecular weight excluding hydrogens is 352 g/mol. The third-order valence-electron chi connectivity index (χ3n) is 4.72. The van der Waals surface area contributed by atoms with Crippen LogP contribution in [0, 0.1) is 0 Å². The normalized spacial score (nSPS) is 11.1. The van der Waals surface area contributed by atoms with Crippen molar-refractivity contribution >= 4 is 11.0 Å². The highest BCUT2D eigenvalue weighted by atomic mass is 16.5. The van der Waals surface area contributed by atoms with Gasteiger partial charge < -0.3 is 20.0 Å². The van der Waals surface area contributed by atoms with E-state index in [9.17, 15) is 5.11 Å². The number of rotatable bonds is 7. The number of nitrogens with two attached hydrogens (primary N) is 1. The minimum atomic E-state index is 0.0602. The van der Waals surface area contributed by atoms with E-state index >= 15 is 0 Å². The molecule has 4 rings (SSSR count). The van der Waals surface area contributed by atoms with Gasteiger partial charge in [-0.1, -0.05) is 18.2 Å². The number of pyridine rings is 1. The molecule has 5 nitrogen and oxygen atoms in total. The van der Waals surface area contributed by atoms with Crippen molar-refractivity contribution < 1.29 is 14.3 Å². The molecule has 0 aliphatic rings. The molecule has 0 spiro atoms. The van der Waals surface area contributed by atoms with Crippen LogP contribution >= 0.6 is 0 Å². The van der Waals surface area contributed by atoms with Crippen molar-refractivity contribution in [2.24, 2.45) is 5.73 Å². The van der Waals surface area contributed by atoms with Gasteiger partial charge in [-0.2, -0.15) is 0 Å². The first-order valence-corrected chi connectivity index (χ1v) is 9.24. The molecule has 2 heterocycles. The maximum atomic E-state index is 9.23. The van der Waals surface area contributed by atoms with Gasteiger partial charge in [-0.25, -0.2) is 0 Å². The lowest BCUT2D eigenvalue weighted by Gasteiger charge is -2.12. The lowest BCUT2D eigenvalue weighted by Crippen LogP contribution is -2.01. The van der Waals surface area contributed by atoms with E-state index in [1.54, 1.807) is 18.7 Å². The third-order valence-corrected chi connectivity index (χ3v) is 4.72. The number of hydrogen-bond acceptors (Lipinski definition) is 5. The summed E-state index contributed by atoms with van der Waals surface area (Å²) in [6.07, 6.45) is 5.64. The number of aromatic nitrogens is 1. The molecule has 0 amide bonds. The van der Waals surface area contributed by atoms with E-state index in [1.165, 1.54) is 0 Å². The molecule has 5 heteroatoms. The van der Waals surface area contributed by atoms with E-state index in [0.29, 0.717) is 19.6 Å². The Hall–Kier alpha value is -3.15. The van der Waals surface area contributed by atoms with E-state index in [1.807, 2.05) is 24.3 Å². The second kappa shape index (κ2) is 8.25. The van der Waals surface area contributed by atoms with Crippen molar-refractivity contribution in [3.63, 3.8) is 0 Å². The van der Waals surface area contributed by atoms with Gasteiger partial charge in [-0.15, -0.1) is 0 Å². The van der Waals surface area contributed by atoms with E-state index < -0.39 is 0 Å². The zero-order valence-electron chi connectivity index (χ0n) is 15.5. The van der Waals surface area contributed by atoms with Gasteiger partial charge in [0.25, 0.3) is 0 Å². The SMILES string of the molecule is NCc1cccc(-c2cc(COc3ccncc3CCO)cc3ccoc23)c1. The molecule has 0 unspecified atom stereocenters. The van der Waals surface area contributed by atoms with E-state index in [-0.39, 0.29) is 6.61 Å². The summed E-state index contributed by atoms with van der Waals surface area (Å²) in [7, 11) is 0.